The van der Waals surface area contributed by atoms with Gasteiger partial charge in [-0.3, -0.25) is 19.2 Å². The lowest BCUT2D eigenvalue weighted by Gasteiger charge is -2.62. The van der Waals surface area contributed by atoms with Gasteiger partial charge < -0.3 is 48.5 Å². The van der Waals surface area contributed by atoms with Crippen molar-refractivity contribution in [3.63, 3.8) is 0 Å². The van der Waals surface area contributed by atoms with Gasteiger partial charge in [-0.1, -0.05) is 34.6 Å². The number of aliphatic carboxylic acids is 1. The van der Waals surface area contributed by atoms with Crippen molar-refractivity contribution in [2.45, 2.75) is 265 Å². The lowest BCUT2D eigenvalue weighted by atomic mass is 9.46. The monoisotopic (exact) mass is 991 g/mol. The molecule has 3 saturated heterocycles. The summed E-state index contributed by atoms with van der Waals surface area (Å²) in [5, 5.41) is 29.8. The van der Waals surface area contributed by atoms with Gasteiger partial charge in [0, 0.05) is 24.7 Å². The molecule has 11 rings (SSSR count). The predicted octanol–water partition coefficient (Wildman–Crippen LogP) is 9.38. The van der Waals surface area contributed by atoms with Crippen LogP contribution in [0.25, 0.3) is 0 Å². The van der Waals surface area contributed by atoms with Crippen molar-refractivity contribution in [2.24, 2.45) is 51.2 Å². The molecule has 70 heavy (non-hydrogen) atoms. The summed E-state index contributed by atoms with van der Waals surface area (Å²) >= 11 is 0. The van der Waals surface area contributed by atoms with E-state index in [1.807, 2.05) is 48.5 Å². The Morgan fingerprint density at radius 1 is 0.671 bits per heavy atom. The zero-order valence-electron chi connectivity index (χ0n) is 45.3. The average Bonchev–Trinajstić information content (AvgIpc) is 3.82. The number of hydrogen-bond acceptors (Lipinski definition) is 14. The Morgan fingerprint density at radius 3 is 1.61 bits per heavy atom. The number of carboxylic acid groups (broad SMARTS) is 1. The van der Waals surface area contributed by atoms with E-state index in [1.165, 1.54) is 38.5 Å². The van der Waals surface area contributed by atoms with Crippen molar-refractivity contribution >= 4 is 29.8 Å². The molecule has 8 unspecified atom stereocenters. The number of carboxylic acids is 1. The highest BCUT2D eigenvalue weighted by Crippen LogP contribution is 2.65. The molecule has 8 aliphatic carbocycles. The molecular formula is C55H90O15. The Bertz CT molecular complexity index is 1900. The minimum absolute atomic E-state index is 0.00857. The van der Waals surface area contributed by atoms with Crippen molar-refractivity contribution in [2.75, 3.05) is 0 Å². The molecule has 3 heterocycles. The minimum atomic E-state index is -1.04. The molecule has 0 aromatic heterocycles. The van der Waals surface area contributed by atoms with E-state index < -0.39 is 82.0 Å². The standard InChI is InChI=1S/C19H32O2.C16H26O4.C14H20O7.C6H12O2/c1-6-17(2,3)16(20)21-18(4,5)19-10-13-7-14(11-19)9-15(8-13)12-19;1-4-13(2,3)12(17)20-16-7-11-5-14(18,9-16)8-15(19,6-11)10-16;1-5-6(2)11(15)18-9-7-8(17-12(9)16)10-13(19-7)21-14(3,4)20-10;1-4-6(2,3)5(7)8/h13-15H,6-12H2,1-5H3;11,18-19H,4-10H2,1-3H3;6-10,13H,5H2,1-4H3;4H2,1-3H3,(H,7,8). The molecule has 3 aliphatic heterocycles. The van der Waals surface area contributed by atoms with Crippen LogP contribution < -0.4 is 0 Å². The van der Waals surface area contributed by atoms with E-state index in [4.69, 9.17) is 38.3 Å². The number of aliphatic hydroxyl groups is 2. The van der Waals surface area contributed by atoms with Gasteiger partial charge in [-0.05, 0) is 176 Å². The fourth-order valence-corrected chi connectivity index (χ4v) is 13.2. The Kier molecular flexibility index (Phi) is 15.9. The number of esters is 4. The Morgan fingerprint density at radius 2 is 1.17 bits per heavy atom. The number of carbonyl (C=O) groups excluding carboxylic acids is 4. The van der Waals surface area contributed by atoms with Gasteiger partial charge in [0.25, 0.3) is 0 Å². The maximum absolute atomic E-state index is 12.6. The summed E-state index contributed by atoms with van der Waals surface area (Å²) in [5.41, 5.74) is -3.80. The van der Waals surface area contributed by atoms with E-state index in [2.05, 4.69) is 20.8 Å². The van der Waals surface area contributed by atoms with Crippen molar-refractivity contribution in [1.82, 2.24) is 0 Å². The van der Waals surface area contributed by atoms with Gasteiger partial charge in [-0.2, -0.15) is 0 Å². The summed E-state index contributed by atoms with van der Waals surface area (Å²) in [7, 11) is 0. The first kappa shape index (κ1) is 56.4. The number of carbonyl (C=O) groups is 5. The Hall–Kier alpha value is -2.85. The summed E-state index contributed by atoms with van der Waals surface area (Å²) in [6.07, 6.45) is 11.3. The van der Waals surface area contributed by atoms with Crippen LogP contribution in [0.1, 0.15) is 207 Å². The molecule has 0 aromatic carbocycles. The summed E-state index contributed by atoms with van der Waals surface area (Å²) in [6.45, 7) is 28.7. The number of ether oxygens (including phenoxy) is 7. The summed E-state index contributed by atoms with van der Waals surface area (Å²) in [5.74, 6) is -0.0347. The van der Waals surface area contributed by atoms with Gasteiger partial charge in [-0.25, -0.2) is 4.79 Å². The van der Waals surface area contributed by atoms with E-state index >= 15 is 0 Å². The molecule has 8 bridgehead atoms. The van der Waals surface area contributed by atoms with Crippen LogP contribution in [0.2, 0.25) is 0 Å². The number of hydrogen-bond donors (Lipinski definition) is 3. The largest absolute Gasteiger partial charge is 0.481 e. The molecule has 400 valence electrons. The van der Waals surface area contributed by atoms with Gasteiger partial charge in [0.15, 0.2) is 24.3 Å². The zero-order valence-corrected chi connectivity index (χ0v) is 45.3. The van der Waals surface area contributed by atoms with Crippen molar-refractivity contribution in [1.29, 1.82) is 0 Å². The third-order valence-corrected chi connectivity index (χ3v) is 18.3. The quantitative estimate of drug-likeness (QED) is 0.123. The van der Waals surface area contributed by atoms with Crippen LogP contribution in [-0.4, -0.2) is 104 Å². The van der Waals surface area contributed by atoms with Gasteiger partial charge in [0.05, 0.1) is 33.4 Å². The lowest BCUT2D eigenvalue weighted by Crippen LogP contribution is -2.67. The third-order valence-electron chi connectivity index (χ3n) is 18.3. The van der Waals surface area contributed by atoms with Gasteiger partial charge in [0.1, 0.15) is 17.3 Å². The maximum Gasteiger partial charge on any atom is 0.350 e. The average molecular weight is 991 g/mol. The van der Waals surface area contributed by atoms with Crippen LogP contribution in [0, 0.1) is 51.2 Å². The maximum atomic E-state index is 12.6. The summed E-state index contributed by atoms with van der Waals surface area (Å²) in [6, 6.07) is 0. The molecule has 8 saturated carbocycles. The predicted molar refractivity (Wildman–Crippen MR) is 258 cm³/mol. The highest BCUT2D eigenvalue weighted by Gasteiger charge is 2.66. The van der Waals surface area contributed by atoms with E-state index in [9.17, 15) is 34.2 Å². The van der Waals surface area contributed by atoms with Crippen LogP contribution in [-0.2, 0) is 57.1 Å². The fraction of sp³-hybridized carbons (Fsp3) is 0.909. The molecule has 0 aromatic rings. The van der Waals surface area contributed by atoms with E-state index in [-0.39, 0.29) is 40.2 Å². The van der Waals surface area contributed by atoms with E-state index in [0.717, 1.165) is 49.9 Å². The molecule has 15 heteroatoms. The second kappa shape index (κ2) is 19.8. The van der Waals surface area contributed by atoms with Crippen LogP contribution in [0.15, 0.2) is 0 Å². The summed E-state index contributed by atoms with van der Waals surface area (Å²) in [4.78, 5) is 59.0. The van der Waals surface area contributed by atoms with Crippen molar-refractivity contribution in [3.8, 4) is 0 Å². The molecule has 0 radical (unpaired) electrons. The van der Waals surface area contributed by atoms with Crippen LogP contribution >= 0.6 is 0 Å². The molecule has 15 nitrogen and oxygen atoms in total. The fourth-order valence-electron chi connectivity index (χ4n) is 13.2. The van der Waals surface area contributed by atoms with Crippen LogP contribution in [0.3, 0.4) is 0 Å². The molecule has 3 N–H and O–H groups in total. The van der Waals surface area contributed by atoms with Gasteiger partial charge in [0.2, 0.25) is 6.10 Å². The molecule has 11 aliphatic rings. The van der Waals surface area contributed by atoms with Crippen molar-refractivity contribution in [3.05, 3.63) is 0 Å². The highest BCUT2D eigenvalue weighted by atomic mass is 16.9. The number of fused-ring (bicyclic) bond motifs is 3. The second-order valence-corrected chi connectivity index (χ2v) is 26.3. The van der Waals surface area contributed by atoms with Crippen molar-refractivity contribution < 1.29 is 72.5 Å². The molecular weight excluding hydrogens is 901 g/mol. The first-order valence-electron chi connectivity index (χ1n) is 26.7. The van der Waals surface area contributed by atoms with Gasteiger partial charge in [-0.15, -0.1) is 0 Å². The number of rotatable bonds is 12. The minimum Gasteiger partial charge on any atom is -0.481 e. The molecule has 11 fully saturated rings. The van der Waals surface area contributed by atoms with Crippen LogP contribution in [0.5, 0.6) is 0 Å². The first-order chi connectivity index (χ1) is 32.1. The SMILES string of the molecule is CCC(C)(C)C(=O)O.CCC(C)(C)C(=O)OC(C)(C)C12CC3CC(CC(C3)C1)C2.CCC(C)(C)C(=O)OC12CC3CC(O)(CC(O)(C3)C1)C2.CCC(C)C(=O)OC1C(=O)OC2C3OC(C)(C)OC3OC12. The van der Waals surface area contributed by atoms with E-state index in [0.29, 0.717) is 32.1 Å². The topological polar surface area (TPSA) is 211 Å². The molecule has 0 spiro atoms. The lowest BCUT2D eigenvalue weighted by molar-refractivity contribution is -0.264. The smallest absolute Gasteiger partial charge is 0.350 e. The second-order valence-electron chi connectivity index (χ2n) is 26.3. The Labute approximate surface area is 417 Å². The molecule has 8 atom stereocenters. The molecule has 0 amide bonds. The normalized spacial score (nSPS) is 38.6. The first-order valence-corrected chi connectivity index (χ1v) is 26.7. The summed E-state index contributed by atoms with van der Waals surface area (Å²) < 4.78 is 39.5. The van der Waals surface area contributed by atoms with Crippen LogP contribution in [0.4, 0.5) is 0 Å². The highest BCUT2D eigenvalue weighted by molar-refractivity contribution is 5.83. The van der Waals surface area contributed by atoms with Gasteiger partial charge >= 0.3 is 29.8 Å². The Balaban J connectivity index is 0.000000160. The zero-order chi connectivity index (χ0) is 52.4. The third kappa shape index (κ3) is 11.7. The van der Waals surface area contributed by atoms with E-state index in [1.54, 1.807) is 34.6 Å².